The van der Waals surface area contributed by atoms with E-state index < -0.39 is 30.2 Å². The average molecular weight is 440 g/mol. The van der Waals surface area contributed by atoms with Crippen molar-refractivity contribution in [1.29, 1.82) is 0 Å². The van der Waals surface area contributed by atoms with Crippen molar-refractivity contribution in [2.24, 2.45) is 5.41 Å². The molecule has 170 valence electrons. The highest BCUT2D eigenvalue weighted by Gasteiger charge is 2.34. The molecule has 2 aromatic carbocycles. The molecular formula is C24H28N2O6. The summed E-state index contributed by atoms with van der Waals surface area (Å²) in [4.78, 5) is 37.8. The Morgan fingerprint density at radius 1 is 1.09 bits per heavy atom. The molecule has 1 saturated heterocycles. The van der Waals surface area contributed by atoms with E-state index in [-0.39, 0.29) is 5.41 Å². The maximum atomic E-state index is 12.8. The Bertz CT molecular complexity index is 951. The number of aliphatic hydroxyl groups is 1. The van der Waals surface area contributed by atoms with Gasteiger partial charge >= 0.3 is 0 Å². The molecule has 2 amide bonds. The number of nitrogens with one attached hydrogen (secondary N) is 1. The van der Waals surface area contributed by atoms with E-state index in [0.29, 0.717) is 25.4 Å². The highest BCUT2D eigenvalue weighted by Crippen LogP contribution is 2.28. The number of amides is 2. The second-order valence-corrected chi connectivity index (χ2v) is 8.25. The van der Waals surface area contributed by atoms with Gasteiger partial charge < -0.3 is 24.8 Å². The number of benzene rings is 2. The number of likely N-dealkylation sites (N-methyl/N-ethyl adjacent to an activating group) is 2. The lowest BCUT2D eigenvalue weighted by Crippen LogP contribution is -2.52. The average Bonchev–Trinajstić information content (AvgIpc) is 2.81. The third kappa shape index (κ3) is 5.15. The van der Waals surface area contributed by atoms with Gasteiger partial charge in [-0.2, -0.15) is 0 Å². The molecule has 0 aliphatic carbocycles. The smallest absolute Gasteiger partial charge is 0.254 e. The Labute approximate surface area is 187 Å². The second-order valence-electron chi connectivity index (χ2n) is 8.25. The van der Waals surface area contributed by atoms with Crippen LogP contribution in [-0.4, -0.2) is 74.2 Å². The molecule has 3 rings (SSSR count). The Morgan fingerprint density at radius 2 is 1.66 bits per heavy atom. The van der Waals surface area contributed by atoms with Gasteiger partial charge in [0.05, 0.1) is 19.8 Å². The zero-order valence-corrected chi connectivity index (χ0v) is 18.5. The van der Waals surface area contributed by atoms with Crippen LogP contribution in [0.15, 0.2) is 48.5 Å². The summed E-state index contributed by atoms with van der Waals surface area (Å²) >= 11 is 0. The summed E-state index contributed by atoms with van der Waals surface area (Å²) < 4.78 is 11.1. The van der Waals surface area contributed by atoms with Crippen molar-refractivity contribution in [2.45, 2.75) is 13.0 Å². The fourth-order valence-corrected chi connectivity index (χ4v) is 3.42. The number of rotatable bonds is 9. The van der Waals surface area contributed by atoms with Crippen LogP contribution in [0.25, 0.3) is 11.1 Å². The first-order valence-corrected chi connectivity index (χ1v) is 10.3. The first-order valence-electron chi connectivity index (χ1n) is 10.3. The molecule has 0 saturated carbocycles. The first kappa shape index (κ1) is 23.4. The largest absolute Gasteiger partial charge is 0.493 e. The number of ether oxygens (including phenoxy) is 2. The quantitative estimate of drug-likeness (QED) is 0.573. The van der Waals surface area contributed by atoms with Crippen LogP contribution in [0.3, 0.4) is 0 Å². The number of aliphatic hydroxyl groups excluding tert-OH is 1. The van der Waals surface area contributed by atoms with Gasteiger partial charge in [-0.25, -0.2) is 0 Å². The molecular weight excluding hydrogens is 412 g/mol. The van der Waals surface area contributed by atoms with E-state index in [4.69, 9.17) is 14.6 Å². The van der Waals surface area contributed by atoms with Gasteiger partial charge in [0.15, 0.2) is 11.8 Å². The monoisotopic (exact) mass is 440 g/mol. The number of hydrogen-bond donors (Lipinski definition) is 2. The van der Waals surface area contributed by atoms with Gasteiger partial charge in [-0.05, 0) is 35.4 Å². The molecule has 0 aromatic heterocycles. The highest BCUT2D eigenvalue weighted by atomic mass is 16.5. The number of ketones is 1. The van der Waals surface area contributed by atoms with Crippen LogP contribution in [0.1, 0.15) is 17.3 Å². The predicted molar refractivity (Wildman–Crippen MR) is 118 cm³/mol. The minimum atomic E-state index is -1.39. The van der Waals surface area contributed by atoms with Gasteiger partial charge in [0.2, 0.25) is 5.91 Å². The van der Waals surface area contributed by atoms with Gasteiger partial charge in [-0.3, -0.25) is 14.4 Å². The van der Waals surface area contributed by atoms with Crippen molar-refractivity contribution in [2.75, 3.05) is 40.5 Å². The summed E-state index contributed by atoms with van der Waals surface area (Å²) in [5.74, 6) is -1.12. The lowest BCUT2D eigenvalue weighted by atomic mass is 9.90. The van der Waals surface area contributed by atoms with E-state index in [2.05, 4.69) is 12.2 Å². The highest BCUT2D eigenvalue weighted by molar-refractivity contribution is 6.10. The number of carbonyl (C=O) groups is 3. The molecule has 32 heavy (non-hydrogen) atoms. The minimum Gasteiger partial charge on any atom is -0.493 e. The summed E-state index contributed by atoms with van der Waals surface area (Å²) in [5, 5.41) is 11.5. The van der Waals surface area contributed by atoms with Crippen molar-refractivity contribution >= 4 is 17.6 Å². The minimum absolute atomic E-state index is 0.0762. The van der Waals surface area contributed by atoms with Crippen LogP contribution in [0, 0.1) is 5.41 Å². The molecule has 1 unspecified atom stereocenters. The summed E-state index contributed by atoms with van der Waals surface area (Å²) in [6, 6.07) is 13.2. The third-order valence-corrected chi connectivity index (χ3v) is 5.47. The fourth-order valence-electron chi connectivity index (χ4n) is 3.42. The molecule has 0 bridgehead atoms. The van der Waals surface area contributed by atoms with Crippen LogP contribution in [0.2, 0.25) is 0 Å². The van der Waals surface area contributed by atoms with E-state index in [9.17, 15) is 14.4 Å². The Kier molecular flexibility index (Phi) is 7.27. The molecule has 8 heteroatoms. The molecule has 8 nitrogen and oxygen atoms in total. The van der Waals surface area contributed by atoms with E-state index >= 15 is 0 Å². The van der Waals surface area contributed by atoms with Crippen molar-refractivity contribution in [3.8, 4) is 16.9 Å². The summed E-state index contributed by atoms with van der Waals surface area (Å²) in [5.41, 5.74) is 2.27. The second kappa shape index (κ2) is 9.93. The van der Waals surface area contributed by atoms with E-state index in [1.165, 1.54) is 14.1 Å². The number of hydrogen-bond acceptors (Lipinski definition) is 6. The van der Waals surface area contributed by atoms with Crippen molar-refractivity contribution in [1.82, 2.24) is 10.2 Å². The van der Waals surface area contributed by atoms with Crippen molar-refractivity contribution < 1.29 is 29.0 Å². The van der Waals surface area contributed by atoms with Crippen LogP contribution in [-0.2, 0) is 14.3 Å². The van der Waals surface area contributed by atoms with Gasteiger partial charge in [0.25, 0.3) is 5.91 Å². The lowest BCUT2D eigenvalue weighted by molar-refractivity contribution is -0.135. The number of carbonyl (C=O) groups excluding carboxylic acids is 3. The van der Waals surface area contributed by atoms with Gasteiger partial charge in [0, 0.05) is 25.1 Å². The maximum Gasteiger partial charge on any atom is 0.254 e. The van der Waals surface area contributed by atoms with Crippen LogP contribution < -0.4 is 10.1 Å². The first-order chi connectivity index (χ1) is 15.3. The van der Waals surface area contributed by atoms with Crippen molar-refractivity contribution in [3.05, 3.63) is 54.1 Å². The number of nitrogens with zero attached hydrogens (tertiary/aromatic N) is 1. The molecule has 2 N–H and O–H groups in total. The summed E-state index contributed by atoms with van der Waals surface area (Å²) in [6.45, 7) is 3.32. The molecule has 0 spiro atoms. The fraction of sp³-hybridized carbons (Fsp3) is 0.375. The van der Waals surface area contributed by atoms with E-state index in [1.807, 2.05) is 24.3 Å². The van der Waals surface area contributed by atoms with Crippen LogP contribution in [0.4, 0.5) is 0 Å². The lowest BCUT2D eigenvalue weighted by Gasteiger charge is -2.37. The van der Waals surface area contributed by atoms with Gasteiger partial charge in [-0.15, -0.1) is 0 Å². The van der Waals surface area contributed by atoms with Crippen molar-refractivity contribution in [3.63, 3.8) is 0 Å². The molecule has 1 heterocycles. The Morgan fingerprint density at radius 3 is 2.12 bits per heavy atom. The Balaban J connectivity index is 1.67. The SMILES string of the molecule is CNC(=O)C(C(=O)CO)N(C)C(=O)c1ccc(-c2ccc(OCC3(C)COC3)cc2)cc1. The summed E-state index contributed by atoms with van der Waals surface area (Å²) in [6.07, 6.45) is 0. The standard InChI is InChI=1S/C24H28N2O6/c1-24(13-31-14-24)15-32-19-10-8-17(9-11-19)16-4-6-18(7-5-16)23(30)26(3)21(20(28)12-27)22(29)25-2/h4-11,21,27H,12-15H2,1-3H3,(H,25,29). The molecule has 1 aliphatic rings. The molecule has 1 aliphatic heterocycles. The zero-order valence-electron chi connectivity index (χ0n) is 18.5. The van der Waals surface area contributed by atoms with Gasteiger partial charge in [0.1, 0.15) is 12.4 Å². The zero-order chi connectivity index (χ0) is 23.3. The Hall–Kier alpha value is -3.23. The molecule has 2 aromatic rings. The maximum absolute atomic E-state index is 12.8. The van der Waals surface area contributed by atoms with Crippen LogP contribution >= 0.6 is 0 Å². The van der Waals surface area contributed by atoms with E-state index in [0.717, 1.165) is 21.8 Å². The molecule has 1 atom stereocenters. The number of Topliss-reactive ketones (excluding diaryl/α,β-unsaturated/α-hetero) is 1. The predicted octanol–water partition coefficient (Wildman–Crippen LogP) is 1.52. The van der Waals surface area contributed by atoms with E-state index in [1.54, 1.807) is 24.3 Å². The van der Waals surface area contributed by atoms with Crippen LogP contribution in [0.5, 0.6) is 5.75 Å². The third-order valence-electron chi connectivity index (χ3n) is 5.47. The van der Waals surface area contributed by atoms with Gasteiger partial charge in [-0.1, -0.05) is 31.2 Å². The molecule has 1 fully saturated rings. The summed E-state index contributed by atoms with van der Waals surface area (Å²) in [7, 11) is 2.73. The topological polar surface area (TPSA) is 105 Å². The normalized spacial score (nSPS) is 15.2. The molecule has 0 radical (unpaired) electrons.